The zero-order valence-corrected chi connectivity index (χ0v) is 12.6. The van der Waals surface area contributed by atoms with Gasteiger partial charge < -0.3 is 4.90 Å². The molecule has 2 aromatic heterocycles. The molecule has 0 spiro atoms. The molecule has 3 heterocycles. The lowest BCUT2D eigenvalue weighted by Crippen LogP contribution is -2.34. The number of aromatic amines is 1. The predicted molar refractivity (Wildman–Crippen MR) is 90.2 cm³/mol. The van der Waals surface area contributed by atoms with Gasteiger partial charge in [-0.1, -0.05) is 18.7 Å². The second-order valence-corrected chi connectivity index (χ2v) is 5.63. The van der Waals surface area contributed by atoms with Gasteiger partial charge in [0.1, 0.15) is 5.69 Å². The van der Waals surface area contributed by atoms with E-state index in [1.54, 1.807) is 17.3 Å². The van der Waals surface area contributed by atoms with E-state index >= 15 is 0 Å². The minimum atomic E-state index is -0.0563. The lowest BCUT2D eigenvalue weighted by Gasteiger charge is -2.29. The molecule has 114 valence electrons. The van der Waals surface area contributed by atoms with Crippen molar-refractivity contribution in [2.45, 2.75) is 12.8 Å². The molecule has 0 saturated carbocycles. The van der Waals surface area contributed by atoms with Crippen LogP contribution in [0.25, 0.3) is 22.2 Å². The van der Waals surface area contributed by atoms with E-state index in [1.165, 1.54) is 11.6 Å². The number of aryl methyl sites for hydroxylation is 1. The van der Waals surface area contributed by atoms with Gasteiger partial charge in [0, 0.05) is 29.4 Å². The van der Waals surface area contributed by atoms with Crippen molar-refractivity contribution in [2.75, 3.05) is 11.4 Å². The fraction of sp³-hybridized carbons (Fsp3) is 0.167. The smallest absolute Gasteiger partial charge is 0.250 e. The summed E-state index contributed by atoms with van der Waals surface area (Å²) < 4.78 is 0. The van der Waals surface area contributed by atoms with Crippen LogP contribution in [0, 0.1) is 0 Å². The maximum atomic E-state index is 12.1. The summed E-state index contributed by atoms with van der Waals surface area (Å²) >= 11 is 0. The van der Waals surface area contributed by atoms with Crippen LogP contribution in [0.2, 0.25) is 0 Å². The van der Waals surface area contributed by atoms with Gasteiger partial charge in [-0.15, -0.1) is 0 Å². The Balaban J connectivity index is 1.85. The predicted octanol–water partition coefficient (Wildman–Crippen LogP) is 3.09. The fourth-order valence-corrected chi connectivity index (χ4v) is 3.15. The quantitative estimate of drug-likeness (QED) is 0.740. The third-order valence-electron chi connectivity index (χ3n) is 4.28. The van der Waals surface area contributed by atoms with Crippen LogP contribution in [0.5, 0.6) is 0 Å². The van der Waals surface area contributed by atoms with Crippen LogP contribution in [0.1, 0.15) is 12.0 Å². The minimum absolute atomic E-state index is 0.0563. The summed E-state index contributed by atoms with van der Waals surface area (Å²) in [5.41, 5.74) is 4.92. The first-order valence-electron chi connectivity index (χ1n) is 7.63. The van der Waals surface area contributed by atoms with Crippen molar-refractivity contribution >= 4 is 22.5 Å². The summed E-state index contributed by atoms with van der Waals surface area (Å²) in [6.45, 7) is 4.34. The number of hydrogen-bond donors (Lipinski definition) is 1. The average molecular weight is 304 g/mol. The Morgan fingerprint density at radius 3 is 3.13 bits per heavy atom. The molecule has 4 rings (SSSR count). The molecule has 1 N–H and O–H groups in total. The maximum Gasteiger partial charge on any atom is 0.250 e. The van der Waals surface area contributed by atoms with Crippen LogP contribution in [0.15, 0.2) is 49.3 Å². The van der Waals surface area contributed by atoms with Crippen molar-refractivity contribution in [3.05, 3.63) is 54.9 Å². The number of carbonyl (C=O) groups is 1. The van der Waals surface area contributed by atoms with Gasteiger partial charge in [0.05, 0.1) is 11.7 Å². The van der Waals surface area contributed by atoms with E-state index in [9.17, 15) is 4.79 Å². The number of nitrogens with zero attached hydrogens (tertiary/aromatic N) is 3. The van der Waals surface area contributed by atoms with E-state index in [1.807, 2.05) is 12.1 Å². The Bertz CT molecular complexity index is 912. The average Bonchev–Trinajstić information content (AvgIpc) is 3.04. The highest BCUT2D eigenvalue weighted by Gasteiger charge is 2.22. The summed E-state index contributed by atoms with van der Waals surface area (Å²) in [5.74, 6) is -0.0563. The molecule has 0 bridgehead atoms. The standard InChI is InChI=1S/C18H16N4O/c1-2-17(23)22-9-3-4-12-5-6-13(10-16(12)22)18-14-7-8-19-11-15(14)20-21-18/h2,5-8,10-11H,1,3-4,9H2,(H,20,21). The van der Waals surface area contributed by atoms with Crippen LogP contribution < -0.4 is 4.90 Å². The SMILES string of the molecule is C=CC(=O)N1CCCc2ccc(-c3n[nH]c4cnccc34)cc21. The molecule has 0 radical (unpaired) electrons. The number of nitrogens with one attached hydrogen (secondary N) is 1. The van der Waals surface area contributed by atoms with Crippen LogP contribution in [-0.2, 0) is 11.2 Å². The topological polar surface area (TPSA) is 61.9 Å². The molecule has 1 aliphatic rings. The largest absolute Gasteiger partial charge is 0.309 e. The fourth-order valence-electron chi connectivity index (χ4n) is 3.15. The number of rotatable bonds is 2. The van der Waals surface area contributed by atoms with Crippen LogP contribution in [0.4, 0.5) is 5.69 Å². The molecule has 3 aromatic rings. The highest BCUT2D eigenvalue weighted by atomic mass is 16.2. The highest BCUT2D eigenvalue weighted by molar-refractivity contribution is 6.02. The number of H-pyrrole nitrogens is 1. The van der Waals surface area contributed by atoms with Crippen LogP contribution >= 0.6 is 0 Å². The van der Waals surface area contributed by atoms with Gasteiger partial charge in [-0.3, -0.25) is 14.9 Å². The first kappa shape index (κ1) is 13.7. The van der Waals surface area contributed by atoms with Gasteiger partial charge in [0.25, 0.3) is 0 Å². The van der Waals surface area contributed by atoms with Gasteiger partial charge in [-0.25, -0.2) is 0 Å². The molecule has 0 atom stereocenters. The Morgan fingerprint density at radius 1 is 1.35 bits per heavy atom. The summed E-state index contributed by atoms with van der Waals surface area (Å²) in [6.07, 6.45) is 6.85. The second-order valence-electron chi connectivity index (χ2n) is 5.63. The number of anilines is 1. The van der Waals surface area contributed by atoms with Crippen molar-refractivity contribution in [1.82, 2.24) is 15.2 Å². The molecule has 5 heteroatoms. The number of amides is 1. The van der Waals surface area contributed by atoms with E-state index in [0.717, 1.165) is 47.2 Å². The number of benzene rings is 1. The minimum Gasteiger partial charge on any atom is -0.309 e. The van der Waals surface area contributed by atoms with E-state index in [0.29, 0.717) is 0 Å². The Hall–Kier alpha value is -2.95. The zero-order valence-electron chi connectivity index (χ0n) is 12.6. The first-order valence-corrected chi connectivity index (χ1v) is 7.63. The van der Waals surface area contributed by atoms with Crippen LogP contribution in [-0.4, -0.2) is 27.6 Å². The molecule has 5 nitrogen and oxygen atoms in total. The highest BCUT2D eigenvalue weighted by Crippen LogP contribution is 2.33. The van der Waals surface area contributed by atoms with Gasteiger partial charge in [-0.2, -0.15) is 5.10 Å². The number of fused-ring (bicyclic) bond motifs is 2. The molecule has 1 aliphatic heterocycles. The normalized spacial score (nSPS) is 13.8. The summed E-state index contributed by atoms with van der Waals surface area (Å²) in [5, 5.41) is 8.44. The van der Waals surface area contributed by atoms with Crippen molar-refractivity contribution in [1.29, 1.82) is 0 Å². The molecule has 0 fully saturated rings. The molecule has 1 amide bonds. The molecule has 0 unspecified atom stereocenters. The van der Waals surface area contributed by atoms with Crippen LogP contribution in [0.3, 0.4) is 0 Å². The molecule has 0 aliphatic carbocycles. The number of aromatic nitrogens is 3. The van der Waals surface area contributed by atoms with E-state index in [-0.39, 0.29) is 5.91 Å². The molecule has 23 heavy (non-hydrogen) atoms. The van der Waals surface area contributed by atoms with Gasteiger partial charge in [0.2, 0.25) is 5.91 Å². The molecule has 0 saturated heterocycles. The molecular formula is C18H16N4O. The molecule has 1 aromatic carbocycles. The number of pyridine rings is 1. The first-order chi connectivity index (χ1) is 11.3. The van der Waals surface area contributed by atoms with Gasteiger partial charge in [-0.05, 0) is 36.6 Å². The third-order valence-corrected chi connectivity index (χ3v) is 4.28. The van der Waals surface area contributed by atoms with Crippen molar-refractivity contribution < 1.29 is 4.79 Å². The van der Waals surface area contributed by atoms with Crippen molar-refractivity contribution in [3.63, 3.8) is 0 Å². The van der Waals surface area contributed by atoms with E-state index in [4.69, 9.17) is 0 Å². The summed E-state index contributed by atoms with van der Waals surface area (Å²) in [6, 6.07) is 8.15. The van der Waals surface area contributed by atoms with Crippen molar-refractivity contribution in [3.8, 4) is 11.3 Å². The monoisotopic (exact) mass is 304 g/mol. The third kappa shape index (κ3) is 2.21. The Labute approximate surface area is 133 Å². The van der Waals surface area contributed by atoms with Gasteiger partial charge in [0.15, 0.2) is 0 Å². The Morgan fingerprint density at radius 2 is 2.26 bits per heavy atom. The lowest BCUT2D eigenvalue weighted by atomic mass is 9.97. The number of carbonyl (C=O) groups excluding carboxylic acids is 1. The summed E-state index contributed by atoms with van der Waals surface area (Å²) in [4.78, 5) is 18.0. The van der Waals surface area contributed by atoms with E-state index in [2.05, 4.69) is 33.9 Å². The maximum absolute atomic E-state index is 12.1. The Kier molecular flexibility index (Phi) is 3.19. The summed E-state index contributed by atoms with van der Waals surface area (Å²) in [7, 11) is 0. The molecular weight excluding hydrogens is 288 g/mol. The lowest BCUT2D eigenvalue weighted by molar-refractivity contribution is -0.114. The second kappa shape index (κ2) is 5.35. The van der Waals surface area contributed by atoms with Crippen molar-refractivity contribution in [2.24, 2.45) is 0 Å². The zero-order chi connectivity index (χ0) is 15.8. The van der Waals surface area contributed by atoms with E-state index < -0.39 is 0 Å². The number of hydrogen-bond acceptors (Lipinski definition) is 3. The van der Waals surface area contributed by atoms with Gasteiger partial charge >= 0.3 is 0 Å².